The van der Waals surface area contributed by atoms with Gasteiger partial charge in [-0.25, -0.2) is 0 Å². The lowest BCUT2D eigenvalue weighted by molar-refractivity contribution is -0.139. The molecule has 5 heteroatoms. The first-order valence-electron chi connectivity index (χ1n) is 7.45. The van der Waals surface area contributed by atoms with Crippen molar-refractivity contribution in [2.75, 3.05) is 13.2 Å². The largest absolute Gasteiger partial charge is 0.396 e. The lowest BCUT2D eigenvalue weighted by atomic mass is 9.93. The Morgan fingerprint density at radius 1 is 1.14 bits per heavy atom. The van der Waals surface area contributed by atoms with E-state index in [9.17, 15) is 9.59 Å². The summed E-state index contributed by atoms with van der Waals surface area (Å²) in [5, 5.41) is 14.4. The van der Waals surface area contributed by atoms with Crippen LogP contribution in [0.15, 0.2) is 30.3 Å². The fraction of sp³-hybridized carbons (Fsp3) is 0.500. The van der Waals surface area contributed by atoms with Gasteiger partial charge in [-0.15, -0.1) is 0 Å². The smallest absolute Gasteiger partial charge is 0.309 e. The van der Waals surface area contributed by atoms with E-state index in [0.29, 0.717) is 19.4 Å². The monoisotopic (exact) mass is 290 g/mol. The van der Waals surface area contributed by atoms with Gasteiger partial charge < -0.3 is 15.7 Å². The van der Waals surface area contributed by atoms with Crippen LogP contribution in [-0.2, 0) is 9.59 Å². The minimum atomic E-state index is -0.572. The van der Waals surface area contributed by atoms with Crippen LogP contribution >= 0.6 is 0 Å². The van der Waals surface area contributed by atoms with Crippen molar-refractivity contribution < 1.29 is 14.7 Å². The summed E-state index contributed by atoms with van der Waals surface area (Å²) in [5.41, 5.74) is 1.14. The van der Waals surface area contributed by atoms with Crippen molar-refractivity contribution in [1.29, 1.82) is 0 Å². The number of benzene rings is 1. The molecule has 5 nitrogen and oxygen atoms in total. The van der Waals surface area contributed by atoms with E-state index in [-0.39, 0.29) is 18.6 Å². The van der Waals surface area contributed by atoms with Gasteiger partial charge in [-0.1, -0.05) is 30.3 Å². The van der Waals surface area contributed by atoms with Gasteiger partial charge in [0, 0.05) is 19.2 Å². The van der Waals surface area contributed by atoms with Gasteiger partial charge in [0.25, 0.3) is 0 Å². The normalized spacial score (nSPS) is 15.3. The first kappa shape index (κ1) is 15.5. The maximum Gasteiger partial charge on any atom is 0.309 e. The summed E-state index contributed by atoms with van der Waals surface area (Å²) < 4.78 is 0. The Morgan fingerprint density at radius 3 is 2.48 bits per heavy atom. The van der Waals surface area contributed by atoms with E-state index >= 15 is 0 Å². The average Bonchev–Trinajstić information content (AvgIpc) is 3.31. The molecule has 21 heavy (non-hydrogen) atoms. The second kappa shape index (κ2) is 7.78. The van der Waals surface area contributed by atoms with Crippen LogP contribution in [0.2, 0.25) is 0 Å². The molecule has 0 saturated heterocycles. The van der Waals surface area contributed by atoms with Crippen LogP contribution in [-0.4, -0.2) is 36.1 Å². The maximum absolute atomic E-state index is 11.6. The number of aliphatic hydroxyl groups is 1. The van der Waals surface area contributed by atoms with Gasteiger partial charge >= 0.3 is 11.8 Å². The molecular weight excluding hydrogens is 268 g/mol. The van der Waals surface area contributed by atoms with E-state index in [1.807, 2.05) is 30.3 Å². The van der Waals surface area contributed by atoms with Gasteiger partial charge in [0.1, 0.15) is 0 Å². The highest BCUT2D eigenvalue weighted by molar-refractivity contribution is 6.35. The molecule has 1 fully saturated rings. The molecule has 1 aliphatic carbocycles. The molecule has 1 aromatic carbocycles. The Kier molecular flexibility index (Phi) is 5.75. The van der Waals surface area contributed by atoms with Gasteiger partial charge in [-0.05, 0) is 37.2 Å². The third-order valence-corrected chi connectivity index (χ3v) is 3.65. The SMILES string of the molecule is O=C(NCCC(CCO)c1ccccc1)C(=O)NC1CC1. The zero-order valence-electron chi connectivity index (χ0n) is 12.0. The van der Waals surface area contributed by atoms with E-state index < -0.39 is 11.8 Å². The van der Waals surface area contributed by atoms with E-state index in [0.717, 1.165) is 18.4 Å². The Labute approximate surface area is 124 Å². The van der Waals surface area contributed by atoms with E-state index in [1.165, 1.54) is 0 Å². The minimum absolute atomic E-state index is 0.107. The van der Waals surface area contributed by atoms with Gasteiger partial charge in [0.05, 0.1) is 0 Å². The summed E-state index contributed by atoms with van der Waals surface area (Å²) in [4.78, 5) is 23.1. The number of rotatable bonds is 7. The van der Waals surface area contributed by atoms with Gasteiger partial charge in [-0.2, -0.15) is 0 Å². The van der Waals surface area contributed by atoms with Gasteiger partial charge in [-0.3, -0.25) is 9.59 Å². The molecule has 1 saturated carbocycles. The van der Waals surface area contributed by atoms with Crippen molar-refractivity contribution >= 4 is 11.8 Å². The van der Waals surface area contributed by atoms with Crippen molar-refractivity contribution in [2.45, 2.75) is 37.6 Å². The third-order valence-electron chi connectivity index (χ3n) is 3.65. The number of amides is 2. The maximum atomic E-state index is 11.6. The molecule has 3 N–H and O–H groups in total. The summed E-state index contributed by atoms with van der Waals surface area (Å²) in [7, 11) is 0. The molecule has 0 bridgehead atoms. The molecule has 2 amide bonds. The van der Waals surface area contributed by atoms with E-state index in [4.69, 9.17) is 5.11 Å². The number of carbonyl (C=O) groups is 2. The standard InChI is InChI=1S/C16H22N2O3/c19-11-9-13(12-4-2-1-3-5-12)8-10-17-15(20)16(21)18-14-6-7-14/h1-5,13-14,19H,6-11H2,(H,17,20)(H,18,21). The summed E-state index contributed by atoms with van der Waals surface area (Å²) in [6, 6.07) is 10.1. The van der Waals surface area contributed by atoms with Crippen molar-refractivity contribution in [1.82, 2.24) is 10.6 Å². The Balaban J connectivity index is 1.76. The Morgan fingerprint density at radius 2 is 1.86 bits per heavy atom. The number of carbonyl (C=O) groups excluding carboxylic acids is 2. The molecule has 0 aromatic heterocycles. The highest BCUT2D eigenvalue weighted by Crippen LogP contribution is 2.22. The highest BCUT2D eigenvalue weighted by atomic mass is 16.3. The number of hydrogen-bond acceptors (Lipinski definition) is 3. The van der Waals surface area contributed by atoms with Crippen molar-refractivity contribution in [2.24, 2.45) is 0 Å². The highest BCUT2D eigenvalue weighted by Gasteiger charge is 2.26. The molecule has 2 rings (SSSR count). The lowest BCUT2D eigenvalue weighted by Gasteiger charge is -2.16. The quantitative estimate of drug-likeness (QED) is 0.654. The van der Waals surface area contributed by atoms with Crippen LogP contribution < -0.4 is 10.6 Å². The predicted octanol–water partition coefficient (Wildman–Crippen LogP) is 0.937. The molecule has 0 aliphatic heterocycles. The molecule has 0 heterocycles. The van der Waals surface area contributed by atoms with Crippen LogP contribution in [0.25, 0.3) is 0 Å². The van der Waals surface area contributed by atoms with Crippen LogP contribution in [0, 0.1) is 0 Å². The summed E-state index contributed by atoms with van der Waals surface area (Å²) in [6.07, 6.45) is 3.28. The zero-order chi connectivity index (χ0) is 15.1. The van der Waals surface area contributed by atoms with Crippen LogP contribution in [0.4, 0.5) is 0 Å². The van der Waals surface area contributed by atoms with Crippen LogP contribution in [0.5, 0.6) is 0 Å². The van der Waals surface area contributed by atoms with E-state index in [1.54, 1.807) is 0 Å². The number of nitrogens with one attached hydrogen (secondary N) is 2. The van der Waals surface area contributed by atoms with Gasteiger partial charge in [0.2, 0.25) is 0 Å². The summed E-state index contributed by atoms with van der Waals surface area (Å²) >= 11 is 0. The molecule has 0 radical (unpaired) electrons. The van der Waals surface area contributed by atoms with Crippen molar-refractivity contribution in [3.8, 4) is 0 Å². The average molecular weight is 290 g/mol. The summed E-state index contributed by atoms with van der Waals surface area (Å²) in [6.45, 7) is 0.534. The first-order chi connectivity index (χ1) is 10.2. The van der Waals surface area contributed by atoms with Gasteiger partial charge in [0.15, 0.2) is 0 Å². The molecule has 1 aliphatic rings. The fourth-order valence-corrected chi connectivity index (χ4v) is 2.28. The Bertz CT molecular complexity index is 472. The zero-order valence-corrected chi connectivity index (χ0v) is 12.0. The second-order valence-corrected chi connectivity index (χ2v) is 5.41. The third kappa shape index (κ3) is 5.19. The van der Waals surface area contributed by atoms with Crippen LogP contribution in [0.3, 0.4) is 0 Å². The van der Waals surface area contributed by atoms with Crippen LogP contribution in [0.1, 0.15) is 37.2 Å². The lowest BCUT2D eigenvalue weighted by Crippen LogP contribution is -2.41. The predicted molar refractivity (Wildman–Crippen MR) is 79.7 cm³/mol. The topological polar surface area (TPSA) is 78.4 Å². The first-order valence-corrected chi connectivity index (χ1v) is 7.45. The summed E-state index contributed by atoms with van der Waals surface area (Å²) in [5.74, 6) is -0.934. The number of aliphatic hydroxyl groups excluding tert-OH is 1. The van der Waals surface area contributed by atoms with E-state index in [2.05, 4.69) is 10.6 Å². The molecule has 114 valence electrons. The number of hydrogen-bond donors (Lipinski definition) is 3. The Hall–Kier alpha value is -1.88. The minimum Gasteiger partial charge on any atom is -0.396 e. The molecule has 1 aromatic rings. The molecule has 1 unspecified atom stereocenters. The van der Waals surface area contributed by atoms with Crippen molar-refractivity contribution in [3.05, 3.63) is 35.9 Å². The molecule has 0 spiro atoms. The second-order valence-electron chi connectivity index (χ2n) is 5.41. The molecule has 1 atom stereocenters. The van der Waals surface area contributed by atoms with Crippen molar-refractivity contribution in [3.63, 3.8) is 0 Å². The fourth-order valence-electron chi connectivity index (χ4n) is 2.28. The molecular formula is C16H22N2O3.